The first kappa shape index (κ1) is 32.3. The molecule has 0 bridgehead atoms. The molecule has 4 aromatic rings. The first-order valence-electron chi connectivity index (χ1n) is 14.2. The number of amides is 3. The molecule has 0 saturated carbocycles. The summed E-state index contributed by atoms with van der Waals surface area (Å²) in [5.74, 6) is -2.44. The lowest BCUT2D eigenvalue weighted by atomic mass is 10.0. The second-order valence-corrected chi connectivity index (χ2v) is 11.4. The van der Waals surface area contributed by atoms with Crippen LogP contribution in [0.4, 0.5) is 0 Å². The second kappa shape index (κ2) is 15.7. The van der Waals surface area contributed by atoms with Gasteiger partial charge in [0.1, 0.15) is 18.1 Å². The van der Waals surface area contributed by atoms with Gasteiger partial charge >= 0.3 is 5.97 Å². The molecule has 2 aromatic carbocycles. The number of carboxylic acid groups (broad SMARTS) is 1. The Morgan fingerprint density at radius 1 is 0.864 bits per heavy atom. The maximum Gasteiger partial charge on any atom is 0.326 e. The summed E-state index contributed by atoms with van der Waals surface area (Å²) < 4.78 is 0. The van der Waals surface area contributed by atoms with Gasteiger partial charge in [-0.3, -0.25) is 14.4 Å². The number of nitrogens with one attached hydrogen (secondary N) is 5. The Morgan fingerprint density at radius 3 is 2.25 bits per heavy atom. The van der Waals surface area contributed by atoms with Crippen molar-refractivity contribution < 1.29 is 24.3 Å². The lowest BCUT2D eigenvalue weighted by molar-refractivity contribution is -0.142. The maximum absolute atomic E-state index is 13.6. The minimum Gasteiger partial charge on any atom is -0.480 e. The van der Waals surface area contributed by atoms with E-state index in [0.717, 1.165) is 22.0 Å². The van der Waals surface area contributed by atoms with E-state index in [1.165, 1.54) is 24.3 Å². The van der Waals surface area contributed by atoms with Gasteiger partial charge in [0.05, 0.1) is 12.4 Å². The fraction of sp³-hybridized carbons (Fsp3) is 0.323. The third kappa shape index (κ3) is 8.94. The largest absolute Gasteiger partial charge is 0.480 e. The van der Waals surface area contributed by atoms with Crippen molar-refractivity contribution in [3.05, 3.63) is 90.1 Å². The van der Waals surface area contributed by atoms with Crippen LogP contribution in [0.15, 0.2) is 73.3 Å². The lowest BCUT2D eigenvalue weighted by Crippen LogP contribution is -2.58. The number of rotatable bonds is 16. The molecule has 13 heteroatoms. The second-order valence-electron chi connectivity index (χ2n) is 10.4. The zero-order chi connectivity index (χ0) is 31.5. The maximum atomic E-state index is 13.6. The molecule has 0 aliphatic rings. The number of hydrogen-bond acceptors (Lipinski definition) is 7. The summed E-state index contributed by atoms with van der Waals surface area (Å²) >= 11 is 1.48. The van der Waals surface area contributed by atoms with Crippen molar-refractivity contribution in [3.8, 4) is 0 Å². The number of H-pyrrole nitrogens is 2. The van der Waals surface area contributed by atoms with Gasteiger partial charge in [0.2, 0.25) is 17.7 Å². The van der Waals surface area contributed by atoms with Crippen LogP contribution in [0.1, 0.15) is 23.2 Å². The average Bonchev–Trinajstić information content (AvgIpc) is 3.69. The fourth-order valence-corrected chi connectivity index (χ4v) is 5.31. The summed E-state index contributed by atoms with van der Waals surface area (Å²) in [5, 5.41) is 18.9. The van der Waals surface area contributed by atoms with Gasteiger partial charge in [-0.15, -0.1) is 0 Å². The number of fused-ring (bicyclic) bond motifs is 1. The highest BCUT2D eigenvalue weighted by atomic mass is 32.2. The molecule has 0 fully saturated rings. The van der Waals surface area contributed by atoms with Crippen LogP contribution in [-0.2, 0) is 38.4 Å². The third-order valence-electron chi connectivity index (χ3n) is 7.20. The molecule has 44 heavy (non-hydrogen) atoms. The van der Waals surface area contributed by atoms with Gasteiger partial charge in [-0.05, 0) is 42.0 Å². The fourth-order valence-electron chi connectivity index (χ4n) is 4.83. The van der Waals surface area contributed by atoms with Crippen molar-refractivity contribution >= 4 is 46.4 Å². The first-order chi connectivity index (χ1) is 21.2. The molecule has 0 radical (unpaired) electrons. The number of nitrogens with two attached hydrogens (primary N) is 1. The van der Waals surface area contributed by atoms with Gasteiger partial charge in [0, 0.05) is 41.8 Å². The highest BCUT2D eigenvalue weighted by Gasteiger charge is 2.31. The Labute approximate surface area is 259 Å². The molecule has 0 spiro atoms. The van der Waals surface area contributed by atoms with E-state index in [9.17, 15) is 24.3 Å². The molecular weight excluding hydrogens is 582 g/mol. The predicted molar refractivity (Wildman–Crippen MR) is 169 cm³/mol. The van der Waals surface area contributed by atoms with Crippen molar-refractivity contribution in [1.82, 2.24) is 30.9 Å². The number of aliphatic carboxylic acids is 1. The van der Waals surface area contributed by atoms with E-state index < -0.39 is 47.9 Å². The quantitative estimate of drug-likeness (QED) is 0.0981. The average molecular weight is 620 g/mol. The van der Waals surface area contributed by atoms with Gasteiger partial charge in [-0.25, -0.2) is 9.78 Å². The Bertz CT molecular complexity index is 1540. The smallest absolute Gasteiger partial charge is 0.326 e. The van der Waals surface area contributed by atoms with Crippen molar-refractivity contribution in [1.29, 1.82) is 0 Å². The first-order valence-corrected chi connectivity index (χ1v) is 15.6. The number of aromatic nitrogens is 3. The monoisotopic (exact) mass is 619 g/mol. The zero-order valence-electron chi connectivity index (χ0n) is 24.3. The Morgan fingerprint density at radius 2 is 1.55 bits per heavy atom. The van der Waals surface area contributed by atoms with Crippen molar-refractivity contribution in [2.24, 2.45) is 5.73 Å². The molecule has 8 N–H and O–H groups in total. The van der Waals surface area contributed by atoms with Gasteiger partial charge in [0.25, 0.3) is 0 Å². The molecule has 0 aliphatic heterocycles. The summed E-state index contributed by atoms with van der Waals surface area (Å²) in [6, 6.07) is 12.5. The minimum atomic E-state index is -1.23. The SMILES string of the molecule is CSCCC(NC(=O)C(Cc1cnc[nH]1)NC(=O)C(N)Cc1ccccc1)C(=O)NC(Cc1c[nH]c2ccccc12)C(=O)O. The van der Waals surface area contributed by atoms with Crippen molar-refractivity contribution in [2.75, 3.05) is 12.0 Å². The van der Waals surface area contributed by atoms with Crippen LogP contribution < -0.4 is 21.7 Å². The van der Waals surface area contributed by atoms with Crippen LogP contribution in [0.2, 0.25) is 0 Å². The van der Waals surface area contributed by atoms with Gasteiger partial charge in [0.15, 0.2) is 0 Å². The third-order valence-corrected chi connectivity index (χ3v) is 7.85. The highest BCUT2D eigenvalue weighted by Crippen LogP contribution is 2.19. The molecule has 232 valence electrons. The number of thioether (sulfide) groups is 1. The highest BCUT2D eigenvalue weighted by molar-refractivity contribution is 7.98. The van der Waals surface area contributed by atoms with E-state index in [0.29, 0.717) is 11.4 Å². The number of nitrogens with zero attached hydrogens (tertiary/aromatic N) is 1. The molecule has 2 aromatic heterocycles. The van der Waals surface area contributed by atoms with Gasteiger partial charge in [-0.1, -0.05) is 48.5 Å². The summed E-state index contributed by atoms with van der Waals surface area (Å²) in [4.78, 5) is 62.3. The topological polar surface area (TPSA) is 195 Å². The minimum absolute atomic E-state index is 0.0477. The Balaban J connectivity index is 1.46. The summed E-state index contributed by atoms with van der Waals surface area (Å²) in [7, 11) is 0. The number of hydrogen-bond donors (Lipinski definition) is 7. The van der Waals surface area contributed by atoms with Crippen LogP contribution in [0.3, 0.4) is 0 Å². The van der Waals surface area contributed by atoms with Gasteiger partial charge in [-0.2, -0.15) is 11.8 Å². The van der Waals surface area contributed by atoms with Crippen LogP contribution >= 0.6 is 11.8 Å². The summed E-state index contributed by atoms with van der Waals surface area (Å²) in [6.45, 7) is 0. The Hall–Kier alpha value is -4.62. The van der Waals surface area contributed by atoms with Crippen LogP contribution in [0.5, 0.6) is 0 Å². The van der Waals surface area contributed by atoms with E-state index in [1.54, 1.807) is 6.20 Å². The number of carbonyl (C=O) groups excluding carboxylic acids is 3. The van der Waals surface area contributed by atoms with Crippen LogP contribution in [-0.4, -0.2) is 79.9 Å². The number of benzene rings is 2. The molecule has 4 atom stereocenters. The number of carboxylic acids is 1. The van der Waals surface area contributed by atoms with E-state index >= 15 is 0 Å². The molecule has 4 unspecified atom stereocenters. The van der Waals surface area contributed by atoms with E-state index in [1.807, 2.05) is 60.9 Å². The molecule has 2 heterocycles. The molecule has 4 rings (SSSR count). The Kier molecular flexibility index (Phi) is 11.5. The molecule has 0 aliphatic carbocycles. The van der Waals surface area contributed by atoms with Crippen molar-refractivity contribution in [3.63, 3.8) is 0 Å². The number of imidazole rings is 1. The molecular formula is C31H37N7O5S. The number of carbonyl (C=O) groups is 4. The zero-order valence-corrected chi connectivity index (χ0v) is 25.1. The number of para-hydroxylation sites is 1. The van der Waals surface area contributed by atoms with Gasteiger partial charge < -0.3 is 36.8 Å². The van der Waals surface area contributed by atoms with Crippen LogP contribution in [0, 0.1) is 0 Å². The number of aromatic amines is 2. The molecule has 0 saturated heterocycles. The van der Waals surface area contributed by atoms with E-state index in [4.69, 9.17) is 5.73 Å². The normalized spacial score (nSPS) is 13.9. The molecule has 3 amide bonds. The van der Waals surface area contributed by atoms with E-state index in [-0.39, 0.29) is 25.7 Å². The van der Waals surface area contributed by atoms with Crippen LogP contribution in [0.25, 0.3) is 10.9 Å². The summed E-state index contributed by atoms with van der Waals surface area (Å²) in [6.07, 6.45) is 7.23. The standard InChI is InChI=1S/C31H37N7O5S/c1-44-12-11-25(29(40)38-27(31(42)43)14-20-16-34-24-10-6-5-9-22(20)24)36-30(41)26(15-21-17-33-18-35-21)37-28(39)23(32)13-19-7-3-2-4-8-19/h2-10,16-18,23,25-27,34H,11-15,32H2,1H3,(H,33,35)(H,36,41)(H,37,39)(H,38,40)(H,42,43). The van der Waals surface area contributed by atoms with Crippen molar-refractivity contribution in [2.45, 2.75) is 49.9 Å². The van der Waals surface area contributed by atoms with E-state index in [2.05, 4.69) is 30.9 Å². The lowest BCUT2D eigenvalue weighted by Gasteiger charge is -2.25. The predicted octanol–water partition coefficient (Wildman–Crippen LogP) is 1.54. The molecule has 12 nitrogen and oxygen atoms in total. The summed E-state index contributed by atoms with van der Waals surface area (Å²) in [5.41, 5.74) is 9.24.